The van der Waals surface area contributed by atoms with E-state index in [0.717, 1.165) is 0 Å². The van der Waals surface area contributed by atoms with Crippen LogP contribution in [0.15, 0.2) is 11.6 Å². The molecule has 0 fully saturated rings. The van der Waals surface area contributed by atoms with E-state index >= 15 is 0 Å². The zero-order chi connectivity index (χ0) is 6.41. The summed E-state index contributed by atoms with van der Waals surface area (Å²) in [6.07, 6.45) is 6.13. The predicted octanol–water partition coefficient (Wildman–Crippen LogP) is 3.78. The largest absolute Gasteiger partial charge is 0.0887 e. The van der Waals surface area contributed by atoms with Gasteiger partial charge in [0, 0.05) is 0 Å². The lowest BCUT2D eigenvalue weighted by Crippen LogP contribution is -1.74. The highest BCUT2D eigenvalue weighted by atomic mass is 13.9. The zero-order valence-corrected chi connectivity index (χ0v) is 6.20. The SMILES string of the molecule is C.C/C=C(/C)CCCC. The van der Waals surface area contributed by atoms with Crippen LogP contribution in [0.5, 0.6) is 0 Å². The van der Waals surface area contributed by atoms with E-state index in [1.807, 2.05) is 0 Å². The first kappa shape index (κ1) is 11.5. The summed E-state index contributed by atoms with van der Waals surface area (Å²) in [5, 5.41) is 0. The Hall–Kier alpha value is -0.260. The van der Waals surface area contributed by atoms with E-state index in [9.17, 15) is 0 Å². The van der Waals surface area contributed by atoms with E-state index in [1.165, 1.54) is 24.8 Å². The van der Waals surface area contributed by atoms with Crippen LogP contribution in [0.3, 0.4) is 0 Å². The minimum absolute atomic E-state index is 0. The lowest BCUT2D eigenvalue weighted by atomic mass is 10.1. The van der Waals surface area contributed by atoms with Gasteiger partial charge in [0.05, 0.1) is 0 Å². The summed E-state index contributed by atoms with van der Waals surface area (Å²) in [6, 6.07) is 0. The van der Waals surface area contributed by atoms with Crippen molar-refractivity contribution < 1.29 is 0 Å². The summed E-state index contributed by atoms with van der Waals surface area (Å²) in [6.45, 7) is 6.52. The van der Waals surface area contributed by atoms with Gasteiger partial charge in [-0.05, 0) is 26.7 Å². The molecule has 56 valence electrons. The molecule has 9 heavy (non-hydrogen) atoms. The third-order valence-electron chi connectivity index (χ3n) is 1.42. The predicted molar refractivity (Wildman–Crippen MR) is 45.7 cm³/mol. The summed E-state index contributed by atoms with van der Waals surface area (Å²) in [4.78, 5) is 0. The smallest absolute Gasteiger partial charge is 0.0323 e. The fourth-order valence-corrected chi connectivity index (χ4v) is 0.600. The summed E-state index contributed by atoms with van der Waals surface area (Å²) >= 11 is 0. The van der Waals surface area contributed by atoms with Gasteiger partial charge in [-0.25, -0.2) is 0 Å². The summed E-state index contributed by atoms with van der Waals surface area (Å²) in [5.41, 5.74) is 1.52. The average Bonchev–Trinajstić information content (AvgIpc) is 1.83. The second-order valence-corrected chi connectivity index (χ2v) is 2.24. The zero-order valence-electron chi connectivity index (χ0n) is 6.20. The van der Waals surface area contributed by atoms with Crippen LogP contribution in [-0.4, -0.2) is 0 Å². The van der Waals surface area contributed by atoms with Gasteiger partial charge in [-0.1, -0.05) is 32.4 Å². The quantitative estimate of drug-likeness (QED) is 0.507. The van der Waals surface area contributed by atoms with Crippen molar-refractivity contribution in [3.63, 3.8) is 0 Å². The maximum Gasteiger partial charge on any atom is -0.0323 e. The molecule has 0 radical (unpaired) electrons. The lowest BCUT2D eigenvalue weighted by Gasteiger charge is -1.94. The summed E-state index contributed by atoms with van der Waals surface area (Å²) in [7, 11) is 0. The maximum atomic E-state index is 2.23. The molecule has 0 amide bonds. The van der Waals surface area contributed by atoms with E-state index in [1.54, 1.807) is 0 Å². The van der Waals surface area contributed by atoms with Gasteiger partial charge < -0.3 is 0 Å². The van der Waals surface area contributed by atoms with E-state index in [2.05, 4.69) is 26.8 Å². The molecule has 0 unspecified atom stereocenters. The van der Waals surface area contributed by atoms with Crippen molar-refractivity contribution in [1.82, 2.24) is 0 Å². The molecule has 0 atom stereocenters. The normalized spacial score (nSPS) is 10.8. The Morgan fingerprint density at radius 3 is 2.33 bits per heavy atom. The van der Waals surface area contributed by atoms with Crippen LogP contribution in [0.4, 0.5) is 0 Å². The molecule has 0 aliphatic heterocycles. The molecule has 0 N–H and O–H groups in total. The number of hydrogen-bond acceptors (Lipinski definition) is 0. The third-order valence-corrected chi connectivity index (χ3v) is 1.42. The van der Waals surface area contributed by atoms with Crippen molar-refractivity contribution in [2.24, 2.45) is 0 Å². The standard InChI is InChI=1S/C8H16.CH4/c1-4-6-7-8(3)5-2;/h5H,4,6-7H2,1-3H3;1H4/b8-5-;. The minimum Gasteiger partial charge on any atom is -0.0887 e. The van der Waals surface area contributed by atoms with Crippen LogP contribution in [-0.2, 0) is 0 Å². The topological polar surface area (TPSA) is 0 Å². The summed E-state index contributed by atoms with van der Waals surface area (Å²) in [5.74, 6) is 0. The Labute approximate surface area is 60.0 Å². The van der Waals surface area contributed by atoms with Crippen LogP contribution in [0.25, 0.3) is 0 Å². The average molecular weight is 128 g/mol. The van der Waals surface area contributed by atoms with Gasteiger partial charge in [0.2, 0.25) is 0 Å². The third kappa shape index (κ3) is 7.74. The van der Waals surface area contributed by atoms with Crippen LogP contribution in [0, 0.1) is 0 Å². The maximum absolute atomic E-state index is 2.23. The highest BCUT2D eigenvalue weighted by Crippen LogP contribution is 2.04. The Morgan fingerprint density at radius 1 is 1.44 bits per heavy atom. The lowest BCUT2D eigenvalue weighted by molar-refractivity contribution is 0.786. The molecule has 0 saturated heterocycles. The molecule has 0 aliphatic rings. The van der Waals surface area contributed by atoms with Crippen molar-refractivity contribution in [2.75, 3.05) is 0 Å². The first-order valence-electron chi connectivity index (χ1n) is 3.43. The Kier molecular flexibility index (Phi) is 9.91. The highest BCUT2D eigenvalue weighted by molar-refractivity contribution is 4.94. The van der Waals surface area contributed by atoms with E-state index in [0.29, 0.717) is 0 Å². The van der Waals surface area contributed by atoms with Gasteiger partial charge in [0.15, 0.2) is 0 Å². The highest BCUT2D eigenvalue weighted by Gasteiger charge is 1.83. The van der Waals surface area contributed by atoms with Crippen LogP contribution >= 0.6 is 0 Å². The van der Waals surface area contributed by atoms with Crippen molar-refractivity contribution in [3.05, 3.63) is 11.6 Å². The van der Waals surface area contributed by atoms with E-state index in [-0.39, 0.29) is 7.43 Å². The van der Waals surface area contributed by atoms with Crippen molar-refractivity contribution in [1.29, 1.82) is 0 Å². The molecule has 0 aliphatic carbocycles. The van der Waals surface area contributed by atoms with Crippen LogP contribution in [0.1, 0.15) is 47.5 Å². The second-order valence-electron chi connectivity index (χ2n) is 2.24. The molecule has 0 bridgehead atoms. The van der Waals surface area contributed by atoms with Crippen molar-refractivity contribution in [3.8, 4) is 0 Å². The van der Waals surface area contributed by atoms with Crippen LogP contribution < -0.4 is 0 Å². The van der Waals surface area contributed by atoms with E-state index in [4.69, 9.17) is 0 Å². The molecule has 0 rings (SSSR count). The molecule has 0 spiro atoms. The summed E-state index contributed by atoms with van der Waals surface area (Å²) < 4.78 is 0. The van der Waals surface area contributed by atoms with Gasteiger partial charge in [-0.2, -0.15) is 0 Å². The number of rotatable bonds is 3. The molecule has 0 nitrogen and oxygen atoms in total. The number of unbranched alkanes of at least 4 members (excludes halogenated alkanes) is 1. The fourth-order valence-electron chi connectivity index (χ4n) is 0.600. The molecule has 0 heteroatoms. The first-order chi connectivity index (χ1) is 3.81. The Balaban J connectivity index is 0. The van der Waals surface area contributed by atoms with Gasteiger partial charge in [0.1, 0.15) is 0 Å². The minimum atomic E-state index is 0. The molecule has 0 aromatic carbocycles. The van der Waals surface area contributed by atoms with Crippen molar-refractivity contribution in [2.45, 2.75) is 47.5 Å². The monoisotopic (exact) mass is 128 g/mol. The van der Waals surface area contributed by atoms with Gasteiger partial charge >= 0.3 is 0 Å². The second kappa shape index (κ2) is 7.74. The Bertz CT molecular complexity index is 70.1. The molecule has 0 saturated carbocycles. The van der Waals surface area contributed by atoms with E-state index < -0.39 is 0 Å². The number of allylic oxidation sites excluding steroid dienone is 2. The van der Waals surface area contributed by atoms with Crippen LogP contribution in [0.2, 0.25) is 0 Å². The van der Waals surface area contributed by atoms with Crippen molar-refractivity contribution >= 4 is 0 Å². The molecule has 0 aromatic heterocycles. The number of hydrogen-bond donors (Lipinski definition) is 0. The molecular weight excluding hydrogens is 108 g/mol. The molecular formula is C9H20. The van der Waals surface area contributed by atoms with Gasteiger partial charge in [-0.15, -0.1) is 0 Å². The van der Waals surface area contributed by atoms with Gasteiger partial charge in [-0.3, -0.25) is 0 Å². The first-order valence-corrected chi connectivity index (χ1v) is 3.43. The fraction of sp³-hybridized carbons (Fsp3) is 0.778. The molecule has 0 heterocycles. The van der Waals surface area contributed by atoms with Gasteiger partial charge in [0.25, 0.3) is 0 Å². The Morgan fingerprint density at radius 2 is 2.00 bits per heavy atom. The molecule has 0 aromatic rings.